The Morgan fingerprint density at radius 2 is 2.29 bits per heavy atom. The molecule has 0 amide bonds. The monoisotopic (exact) mass is 324 g/mol. The van der Waals surface area contributed by atoms with Gasteiger partial charge in [-0.15, -0.1) is 11.3 Å². The van der Waals surface area contributed by atoms with Gasteiger partial charge in [-0.1, -0.05) is 12.1 Å². The second-order valence-corrected chi connectivity index (χ2v) is 7.33. The maximum atomic E-state index is 14.1. The van der Waals surface area contributed by atoms with Gasteiger partial charge in [0.2, 0.25) is 0 Å². The molecule has 3 rings (SSSR count). The lowest BCUT2D eigenvalue weighted by atomic mass is 10.1. The summed E-state index contributed by atoms with van der Waals surface area (Å²) in [5.41, 5.74) is 1.82. The van der Waals surface area contributed by atoms with E-state index in [4.69, 9.17) is 4.74 Å². The lowest BCUT2D eigenvalue weighted by molar-refractivity contribution is 0.180. The quantitative estimate of drug-likeness (QED) is 0.923. The second kappa shape index (κ2) is 6.38. The molecular weight excluding hydrogens is 307 g/mol. The zero-order valence-corrected chi connectivity index (χ0v) is 13.4. The van der Waals surface area contributed by atoms with E-state index in [2.05, 4.69) is 6.07 Å². The van der Waals surface area contributed by atoms with E-state index in [1.807, 2.05) is 11.8 Å². The number of thiophene rings is 1. The number of thioether (sulfide) groups is 1. The van der Waals surface area contributed by atoms with Crippen LogP contribution >= 0.6 is 23.1 Å². The molecule has 0 aliphatic carbocycles. The third-order valence-corrected chi connectivity index (χ3v) is 6.00. The average molecular weight is 324 g/mol. The zero-order valence-electron chi connectivity index (χ0n) is 11.8. The van der Waals surface area contributed by atoms with Gasteiger partial charge >= 0.3 is 0 Å². The lowest BCUT2D eigenvalue weighted by Crippen LogP contribution is -2.03. The SMILES string of the molecule is COc1cccc(CC(O)c2cc3c(s2)CCSC3)c1F. The topological polar surface area (TPSA) is 29.5 Å². The standard InChI is InChI=1S/C16H17FO2S2/c1-19-13-4-2-3-10(16(13)17)7-12(18)15-8-11-9-20-6-5-14(11)21-15/h2-4,8,12,18H,5-7,9H2,1H3. The van der Waals surface area contributed by atoms with Crippen molar-refractivity contribution < 1.29 is 14.2 Å². The normalized spacial score (nSPS) is 15.6. The van der Waals surface area contributed by atoms with E-state index in [1.165, 1.54) is 17.6 Å². The van der Waals surface area contributed by atoms with Crippen LogP contribution in [0.25, 0.3) is 0 Å². The van der Waals surface area contributed by atoms with E-state index in [1.54, 1.807) is 29.5 Å². The van der Waals surface area contributed by atoms with Crippen LogP contribution in [0.5, 0.6) is 5.75 Å². The molecule has 1 aliphatic rings. The Morgan fingerprint density at radius 1 is 1.43 bits per heavy atom. The first-order chi connectivity index (χ1) is 10.2. The lowest BCUT2D eigenvalue weighted by Gasteiger charge is -2.11. The number of methoxy groups -OCH3 is 1. The van der Waals surface area contributed by atoms with Crippen LogP contribution < -0.4 is 4.74 Å². The van der Waals surface area contributed by atoms with Crippen molar-refractivity contribution in [1.29, 1.82) is 0 Å². The summed E-state index contributed by atoms with van der Waals surface area (Å²) in [7, 11) is 1.45. The Bertz CT molecular complexity index is 616. The molecule has 0 spiro atoms. The van der Waals surface area contributed by atoms with E-state index in [0.717, 1.165) is 22.8 Å². The summed E-state index contributed by atoms with van der Waals surface area (Å²) in [4.78, 5) is 2.30. The van der Waals surface area contributed by atoms with Crippen LogP contribution in [0.4, 0.5) is 4.39 Å². The number of ether oxygens (including phenoxy) is 1. The fourth-order valence-electron chi connectivity index (χ4n) is 2.51. The zero-order chi connectivity index (χ0) is 14.8. The largest absolute Gasteiger partial charge is 0.494 e. The summed E-state index contributed by atoms with van der Waals surface area (Å²) in [6, 6.07) is 7.12. The predicted octanol–water partition coefficient (Wildman–Crippen LogP) is 3.96. The summed E-state index contributed by atoms with van der Waals surface area (Å²) < 4.78 is 19.1. The Kier molecular flexibility index (Phi) is 4.52. The average Bonchev–Trinajstić information content (AvgIpc) is 2.93. The third kappa shape index (κ3) is 3.10. The highest BCUT2D eigenvalue weighted by atomic mass is 32.2. The Balaban J connectivity index is 1.80. The number of rotatable bonds is 4. The maximum Gasteiger partial charge on any atom is 0.168 e. The van der Waals surface area contributed by atoms with Crippen LogP contribution in [0.3, 0.4) is 0 Å². The van der Waals surface area contributed by atoms with E-state index in [9.17, 15) is 9.50 Å². The van der Waals surface area contributed by atoms with Crippen LogP contribution in [-0.2, 0) is 18.6 Å². The van der Waals surface area contributed by atoms with Gasteiger partial charge in [-0.25, -0.2) is 4.39 Å². The molecule has 2 heterocycles. The number of aliphatic hydroxyl groups is 1. The first-order valence-corrected chi connectivity index (χ1v) is 8.85. The molecule has 1 unspecified atom stereocenters. The Morgan fingerprint density at radius 3 is 3.05 bits per heavy atom. The Labute approximate surface area is 132 Å². The van der Waals surface area contributed by atoms with Gasteiger partial charge in [0, 0.05) is 21.9 Å². The van der Waals surface area contributed by atoms with Gasteiger partial charge < -0.3 is 9.84 Å². The number of fused-ring (bicyclic) bond motifs is 1. The minimum absolute atomic E-state index is 0.224. The number of aliphatic hydroxyl groups excluding tert-OH is 1. The van der Waals surface area contributed by atoms with E-state index in [0.29, 0.717) is 5.56 Å². The molecule has 0 radical (unpaired) electrons. The molecule has 1 atom stereocenters. The molecule has 1 aromatic carbocycles. The van der Waals surface area contributed by atoms with Gasteiger partial charge in [0.05, 0.1) is 13.2 Å². The molecule has 1 N–H and O–H groups in total. The van der Waals surface area contributed by atoms with E-state index >= 15 is 0 Å². The van der Waals surface area contributed by atoms with Crippen LogP contribution in [0, 0.1) is 5.82 Å². The minimum atomic E-state index is -0.660. The Hall–Kier alpha value is -1.04. The highest BCUT2D eigenvalue weighted by Gasteiger charge is 2.20. The van der Waals surface area contributed by atoms with Crippen molar-refractivity contribution in [3.8, 4) is 5.75 Å². The van der Waals surface area contributed by atoms with E-state index in [-0.39, 0.29) is 18.0 Å². The molecule has 2 aromatic rings. The maximum absolute atomic E-state index is 14.1. The molecule has 21 heavy (non-hydrogen) atoms. The van der Waals surface area contributed by atoms with Crippen molar-refractivity contribution in [2.75, 3.05) is 12.9 Å². The van der Waals surface area contributed by atoms with Crippen molar-refractivity contribution >= 4 is 23.1 Å². The molecule has 112 valence electrons. The number of hydrogen-bond donors (Lipinski definition) is 1. The smallest absolute Gasteiger partial charge is 0.168 e. The van der Waals surface area contributed by atoms with Crippen LogP contribution in [0.15, 0.2) is 24.3 Å². The molecular formula is C16H17FO2S2. The minimum Gasteiger partial charge on any atom is -0.494 e. The number of aryl methyl sites for hydroxylation is 1. The van der Waals surface area contributed by atoms with Crippen molar-refractivity contribution in [3.63, 3.8) is 0 Å². The molecule has 5 heteroatoms. The molecule has 0 bridgehead atoms. The molecule has 1 aliphatic heterocycles. The first-order valence-electron chi connectivity index (χ1n) is 6.87. The van der Waals surface area contributed by atoms with Crippen molar-refractivity contribution in [2.24, 2.45) is 0 Å². The summed E-state index contributed by atoms with van der Waals surface area (Å²) in [5.74, 6) is 2.01. The van der Waals surface area contributed by atoms with Gasteiger partial charge in [-0.05, 0) is 35.4 Å². The van der Waals surface area contributed by atoms with Crippen molar-refractivity contribution in [3.05, 3.63) is 51.0 Å². The number of halogens is 1. The second-order valence-electron chi connectivity index (χ2n) is 5.05. The summed E-state index contributed by atoms with van der Waals surface area (Å²) >= 11 is 3.58. The molecule has 1 aromatic heterocycles. The molecule has 2 nitrogen and oxygen atoms in total. The first kappa shape index (κ1) is 14.9. The number of benzene rings is 1. The van der Waals surface area contributed by atoms with Gasteiger partial charge in [0.15, 0.2) is 11.6 Å². The highest BCUT2D eigenvalue weighted by Crippen LogP contribution is 2.36. The molecule has 0 saturated heterocycles. The fourth-order valence-corrected chi connectivity index (χ4v) is 4.88. The van der Waals surface area contributed by atoms with Crippen LogP contribution in [0.2, 0.25) is 0 Å². The summed E-state index contributed by atoms with van der Waals surface area (Å²) in [5, 5.41) is 10.4. The number of hydrogen-bond acceptors (Lipinski definition) is 4. The summed E-state index contributed by atoms with van der Waals surface area (Å²) in [6.07, 6.45) is 0.688. The third-order valence-electron chi connectivity index (χ3n) is 3.65. The van der Waals surface area contributed by atoms with E-state index < -0.39 is 6.10 Å². The van der Waals surface area contributed by atoms with Crippen molar-refractivity contribution in [2.45, 2.75) is 24.7 Å². The van der Waals surface area contributed by atoms with Crippen LogP contribution in [0.1, 0.15) is 27.0 Å². The highest BCUT2D eigenvalue weighted by molar-refractivity contribution is 7.98. The van der Waals surface area contributed by atoms with Gasteiger partial charge in [-0.3, -0.25) is 0 Å². The van der Waals surface area contributed by atoms with Gasteiger partial charge in [0.1, 0.15) is 0 Å². The predicted molar refractivity (Wildman–Crippen MR) is 85.8 cm³/mol. The molecule has 0 saturated carbocycles. The fraction of sp³-hybridized carbons (Fsp3) is 0.375. The molecule has 0 fully saturated rings. The van der Waals surface area contributed by atoms with Crippen molar-refractivity contribution in [1.82, 2.24) is 0 Å². The van der Waals surface area contributed by atoms with Gasteiger partial charge in [-0.2, -0.15) is 11.8 Å². The van der Waals surface area contributed by atoms with Crippen LogP contribution in [-0.4, -0.2) is 18.0 Å². The van der Waals surface area contributed by atoms with Gasteiger partial charge in [0.25, 0.3) is 0 Å². The summed E-state index contributed by atoms with van der Waals surface area (Å²) in [6.45, 7) is 0.